The first kappa shape index (κ1) is 92.2. The van der Waals surface area contributed by atoms with E-state index in [0.29, 0.717) is 17.5 Å². The van der Waals surface area contributed by atoms with Gasteiger partial charge in [-0.25, -0.2) is 4.79 Å². The summed E-state index contributed by atoms with van der Waals surface area (Å²) in [5.74, 6) is -15.0. The van der Waals surface area contributed by atoms with Gasteiger partial charge < -0.3 is 135 Å². The Kier molecular flexibility index (Phi) is 41.4. The molecule has 0 aliphatic carbocycles. The number of aliphatic hydroxyl groups excluding tert-OH is 1. The first-order valence-electron chi connectivity index (χ1n) is 34.0. The lowest BCUT2D eigenvalue weighted by Crippen LogP contribution is -2.63. The van der Waals surface area contributed by atoms with Gasteiger partial charge in [0.05, 0.1) is 18.6 Å². The first-order chi connectivity index (χ1) is 49.9. The van der Waals surface area contributed by atoms with Gasteiger partial charge in [0.2, 0.25) is 70.9 Å². The third-order valence-electron chi connectivity index (χ3n) is 16.0. The molecule has 2 aromatic carbocycles. The van der Waals surface area contributed by atoms with Crippen LogP contribution in [0.3, 0.4) is 0 Å². The smallest absolute Gasteiger partial charge is 0.326 e. The SMILES string of the molecule is C[C@@H](O)[C@H](NC(=O)[C@H](CCN)NC(=O)[C@H](CCCNC(=N)N)NC(=O)[C@H](CC(N)=O)NC(=O)[C@H](CS)NC(=O)[C@@H](N)Cc1ccc(O)cc1)C(=O)N[C@H](CCN)C(=O)N[C@@H](CCCCN)C(=O)N[C@H](C(=O)N[C@@H](CCN)C(=O)N[C@@H](CCCNC(=N)N)C(=O)N[C@@H](Cc1ccc(O)cc1)C(=O)O)C(C)(C)S. The third kappa shape index (κ3) is 34.4. The van der Waals surface area contributed by atoms with E-state index in [2.05, 4.69) is 94.4 Å². The van der Waals surface area contributed by atoms with Crippen LogP contribution in [-0.2, 0) is 75.2 Å². The van der Waals surface area contributed by atoms with Crippen molar-refractivity contribution < 1.29 is 82.8 Å². The maximum Gasteiger partial charge on any atom is 0.326 e. The second-order valence-electron chi connectivity index (χ2n) is 25.4. The number of nitrogens with two attached hydrogens (primary N) is 8. The Morgan fingerprint density at radius 1 is 0.443 bits per heavy atom. The fourth-order valence-corrected chi connectivity index (χ4v) is 10.6. The Bertz CT molecular complexity index is 3280. The minimum absolute atomic E-state index is 0.00583. The Morgan fingerprint density at radius 2 is 0.783 bits per heavy atom. The van der Waals surface area contributed by atoms with Crippen molar-refractivity contribution in [2.24, 2.45) is 45.9 Å². The van der Waals surface area contributed by atoms with Gasteiger partial charge in [-0.1, -0.05) is 24.3 Å². The summed E-state index contributed by atoms with van der Waals surface area (Å²) in [6, 6.07) is -7.35. The van der Waals surface area contributed by atoms with Crippen LogP contribution in [0, 0.1) is 10.8 Å². The molecule has 0 heterocycles. The quantitative estimate of drug-likeness (QED) is 0.0127. The number of phenolic OH excluding ortho intramolecular Hbond substituents is 2. The van der Waals surface area contributed by atoms with Gasteiger partial charge in [-0.15, -0.1) is 0 Å². The zero-order chi connectivity index (χ0) is 80.0. The van der Waals surface area contributed by atoms with E-state index < -0.39 is 173 Å². The number of aliphatic carboxylic acids is 1. The molecular formula is C64H107N23O17S2. The number of carboxylic acid groups (broad SMARTS) is 1. The van der Waals surface area contributed by atoms with Crippen molar-refractivity contribution in [3.8, 4) is 11.5 Å². The van der Waals surface area contributed by atoms with Crippen LogP contribution in [0.25, 0.3) is 0 Å². The molecule has 106 heavy (non-hydrogen) atoms. The van der Waals surface area contributed by atoms with E-state index >= 15 is 0 Å². The van der Waals surface area contributed by atoms with Crippen LogP contribution in [0.2, 0.25) is 0 Å². The molecule has 13 atom stereocenters. The molecule has 0 radical (unpaired) electrons. The van der Waals surface area contributed by atoms with Crippen LogP contribution in [0.15, 0.2) is 48.5 Å². The van der Waals surface area contributed by atoms with E-state index in [1.807, 2.05) is 0 Å². The summed E-state index contributed by atoms with van der Waals surface area (Å²) in [5, 5.41) is 87.5. The zero-order valence-corrected chi connectivity index (χ0v) is 61.2. The molecule has 12 amide bonds. The van der Waals surface area contributed by atoms with E-state index in [9.17, 15) is 82.8 Å². The van der Waals surface area contributed by atoms with E-state index in [-0.39, 0.29) is 133 Å². The number of nitrogens with one attached hydrogen (secondary N) is 15. The van der Waals surface area contributed by atoms with Gasteiger partial charge in [0.1, 0.15) is 78.0 Å². The predicted molar refractivity (Wildman–Crippen MR) is 395 cm³/mol. The minimum atomic E-state index is -1.90. The van der Waals surface area contributed by atoms with Crippen molar-refractivity contribution in [1.82, 2.24) is 69.1 Å². The average Bonchev–Trinajstić information content (AvgIpc) is 0.835. The number of phenols is 2. The number of carbonyl (C=O) groups is 13. The Balaban J connectivity index is 2.41. The number of rotatable bonds is 50. The lowest BCUT2D eigenvalue weighted by molar-refractivity contribution is -0.142. The Labute approximate surface area is 623 Å². The maximum atomic E-state index is 14.5. The molecule has 35 N–H and O–H groups in total. The second-order valence-corrected chi connectivity index (χ2v) is 26.9. The normalized spacial score (nSPS) is 14.9. The van der Waals surface area contributed by atoms with Crippen molar-refractivity contribution in [3.05, 3.63) is 59.7 Å². The van der Waals surface area contributed by atoms with E-state index in [1.165, 1.54) is 62.4 Å². The van der Waals surface area contributed by atoms with Gasteiger partial charge in [0, 0.05) is 30.0 Å². The van der Waals surface area contributed by atoms with Gasteiger partial charge in [-0.05, 0) is 153 Å². The van der Waals surface area contributed by atoms with E-state index in [0.717, 1.165) is 6.92 Å². The van der Waals surface area contributed by atoms with Gasteiger partial charge in [-0.3, -0.25) is 68.4 Å². The third-order valence-corrected chi connectivity index (χ3v) is 16.6. The molecule has 0 bridgehead atoms. The monoisotopic (exact) mass is 1530 g/mol. The summed E-state index contributed by atoms with van der Waals surface area (Å²) in [6.45, 7) is 3.40. The average molecular weight is 1530 g/mol. The number of carboxylic acids is 1. The number of unbranched alkanes of at least 4 members (excludes halogenated alkanes) is 1. The lowest BCUT2D eigenvalue weighted by atomic mass is 9.99. The summed E-state index contributed by atoms with van der Waals surface area (Å²) >= 11 is 8.74. The Morgan fingerprint density at radius 3 is 1.16 bits per heavy atom. The molecule has 0 saturated heterocycles. The zero-order valence-electron chi connectivity index (χ0n) is 59.4. The molecule has 0 fully saturated rings. The molecule has 0 saturated carbocycles. The van der Waals surface area contributed by atoms with E-state index in [4.69, 9.17) is 56.7 Å². The van der Waals surface area contributed by atoms with Gasteiger partial charge >= 0.3 is 5.97 Å². The fraction of sp³-hybridized carbons (Fsp3) is 0.578. The maximum absolute atomic E-state index is 14.5. The molecule has 2 rings (SSSR count). The summed E-state index contributed by atoms with van der Waals surface area (Å²) in [7, 11) is 0. The topological polar surface area (TPSA) is 715 Å². The largest absolute Gasteiger partial charge is 0.508 e. The first-order valence-corrected chi connectivity index (χ1v) is 35.1. The van der Waals surface area contributed by atoms with Gasteiger partial charge in [0.15, 0.2) is 11.9 Å². The number of primary amides is 1. The fourth-order valence-electron chi connectivity index (χ4n) is 10.2. The van der Waals surface area contributed by atoms with Crippen molar-refractivity contribution in [1.29, 1.82) is 10.8 Å². The van der Waals surface area contributed by atoms with Gasteiger partial charge in [0.25, 0.3) is 0 Å². The number of thiol groups is 2. The number of guanidine groups is 2. The molecule has 0 aliphatic rings. The summed E-state index contributed by atoms with van der Waals surface area (Å²) in [4.78, 5) is 179. The van der Waals surface area contributed by atoms with Crippen molar-refractivity contribution >= 4 is 114 Å². The van der Waals surface area contributed by atoms with Crippen LogP contribution in [0.4, 0.5) is 0 Å². The number of aliphatic hydroxyl groups is 1. The van der Waals surface area contributed by atoms with Crippen LogP contribution in [0.5, 0.6) is 11.5 Å². The number of benzene rings is 2. The van der Waals surface area contributed by atoms with Crippen molar-refractivity contribution in [3.63, 3.8) is 0 Å². The second kappa shape index (κ2) is 47.6. The highest BCUT2D eigenvalue weighted by atomic mass is 32.1. The molecule has 592 valence electrons. The van der Waals surface area contributed by atoms with Crippen molar-refractivity contribution in [2.45, 2.75) is 188 Å². The van der Waals surface area contributed by atoms with Crippen molar-refractivity contribution in [2.75, 3.05) is 45.0 Å². The molecule has 2 aromatic rings. The van der Waals surface area contributed by atoms with E-state index in [1.54, 1.807) is 0 Å². The van der Waals surface area contributed by atoms with Crippen LogP contribution < -0.4 is 115 Å². The van der Waals surface area contributed by atoms with Crippen LogP contribution in [-0.4, -0.2) is 238 Å². The van der Waals surface area contributed by atoms with Gasteiger partial charge in [-0.2, -0.15) is 25.3 Å². The summed E-state index contributed by atoms with van der Waals surface area (Å²) in [5.41, 5.74) is 46.9. The van der Waals surface area contributed by atoms with Crippen LogP contribution in [0.1, 0.15) is 103 Å². The molecule has 0 unspecified atom stereocenters. The number of carbonyl (C=O) groups excluding carboxylic acids is 12. The number of hydrogen-bond acceptors (Lipinski definition) is 25. The standard InChI is InChI=1S/C64H107N23O17S2/c1-32(88)48(86-55(97)43(21-25-68)80-51(93)39(9-6-26-75-62(71)72)79-57(99)44(30-47(70)91)83-58(100)46(31-105)85-50(92)37(69)28-33-11-15-35(89)16-12-33)59(101)81-41(19-23-66)53(95)77-38(8-4-5-22-65)56(98)87-49(64(2,3)106)60(102)82-42(20-24-67)54(96)78-40(10-7-27-76-63(73)74)52(94)84-45(61(103)104)29-34-13-17-36(90)18-14-34/h11-18,32,37-46,48-49,88-90,105-106H,4-10,19-31,65-69H2,1-3H3,(H2,70,91)(H,77,95)(H,78,96)(H,79,99)(H,80,93)(H,81,101)(H,82,102)(H,83,100)(H,84,94)(H,85,92)(H,86,97)(H,87,98)(H,103,104)(H4,71,72,75)(H4,73,74,76)/t32-,37+,38+,39+,40+,41-,42+,43+,44+,45+,46+,48+,49-/m1/s1. The molecular weight excluding hydrogens is 1430 g/mol. The molecule has 0 aliphatic heterocycles. The number of aromatic hydroxyl groups is 2. The Hall–Kier alpha value is -9.85. The van der Waals surface area contributed by atoms with Crippen LogP contribution >= 0.6 is 25.3 Å². The molecule has 42 heteroatoms. The highest BCUT2D eigenvalue weighted by molar-refractivity contribution is 7.81. The lowest BCUT2D eigenvalue weighted by Gasteiger charge is -2.33. The minimum Gasteiger partial charge on any atom is -0.508 e. The summed E-state index contributed by atoms with van der Waals surface area (Å²) < 4.78 is -1.45. The predicted octanol–water partition coefficient (Wildman–Crippen LogP) is -8.78. The number of hydrogen-bond donors (Lipinski definition) is 29. The summed E-state index contributed by atoms with van der Waals surface area (Å²) in [6.07, 6.45) is -3.58. The molecule has 40 nitrogen and oxygen atoms in total. The highest BCUT2D eigenvalue weighted by Crippen LogP contribution is 2.20. The number of amides is 12. The molecule has 0 aromatic heterocycles. The molecule has 0 spiro atoms. The highest BCUT2D eigenvalue weighted by Gasteiger charge is 2.40.